The van der Waals surface area contributed by atoms with Gasteiger partial charge in [-0.3, -0.25) is 0 Å². The average Bonchev–Trinajstić information content (AvgIpc) is 3.32. The fraction of sp³-hybridized carbons (Fsp3) is 0.316. The van der Waals surface area contributed by atoms with E-state index in [9.17, 15) is 14.0 Å². The Morgan fingerprint density at radius 2 is 2.13 bits per heavy atom. The number of rotatable bonds is 4. The number of hydrogen-bond acceptors (Lipinski definition) is 7. The van der Waals surface area contributed by atoms with Crippen LogP contribution in [0.25, 0.3) is 22.4 Å². The van der Waals surface area contributed by atoms with Gasteiger partial charge in [0.05, 0.1) is 17.3 Å². The molecule has 1 saturated carbocycles. The van der Waals surface area contributed by atoms with Gasteiger partial charge in [-0.25, -0.2) is 33.9 Å². The molecule has 3 N–H and O–H groups in total. The van der Waals surface area contributed by atoms with E-state index in [-0.39, 0.29) is 17.9 Å². The van der Waals surface area contributed by atoms with Crippen LogP contribution in [0.4, 0.5) is 10.2 Å². The van der Waals surface area contributed by atoms with Gasteiger partial charge in [0.1, 0.15) is 5.65 Å². The lowest BCUT2D eigenvalue weighted by Gasteiger charge is -2.29. The third-order valence-corrected chi connectivity index (χ3v) is 5.60. The number of fused-ring (bicyclic) bond motifs is 1. The fourth-order valence-electron chi connectivity index (χ4n) is 4.00. The lowest BCUT2D eigenvalue weighted by Crippen LogP contribution is -2.32. The van der Waals surface area contributed by atoms with Crippen LogP contribution >= 0.6 is 11.6 Å². The van der Waals surface area contributed by atoms with E-state index in [1.54, 1.807) is 12.3 Å². The highest BCUT2D eigenvalue weighted by Gasteiger charge is 2.27. The minimum atomic E-state index is -0.792. The van der Waals surface area contributed by atoms with E-state index in [4.69, 9.17) is 16.1 Å². The smallest absolute Gasteiger partial charge is 0.365 e. The maximum atomic E-state index is 14.5. The van der Waals surface area contributed by atoms with Crippen molar-refractivity contribution in [2.75, 3.05) is 5.32 Å². The van der Waals surface area contributed by atoms with Crippen LogP contribution in [-0.2, 0) is 0 Å². The van der Waals surface area contributed by atoms with Crippen LogP contribution in [0.15, 0.2) is 38.8 Å². The number of nitrogens with zero attached hydrogens (tertiary/aromatic N) is 4. The fourth-order valence-corrected chi connectivity index (χ4v) is 4.16. The molecule has 2 atom stereocenters. The molecular weight excluding hydrogens is 429 g/mol. The summed E-state index contributed by atoms with van der Waals surface area (Å²) in [4.78, 5) is 41.0. The van der Waals surface area contributed by atoms with Crippen molar-refractivity contribution in [1.82, 2.24) is 29.7 Å². The summed E-state index contributed by atoms with van der Waals surface area (Å²) < 4.78 is 20.5. The summed E-state index contributed by atoms with van der Waals surface area (Å²) in [7, 11) is 0. The predicted molar refractivity (Wildman–Crippen MR) is 111 cm³/mol. The van der Waals surface area contributed by atoms with Crippen molar-refractivity contribution >= 4 is 28.5 Å². The monoisotopic (exact) mass is 445 g/mol. The molecule has 1 fully saturated rings. The van der Waals surface area contributed by atoms with Crippen molar-refractivity contribution in [1.29, 1.82) is 0 Å². The topological polar surface area (TPSA) is 134 Å². The predicted octanol–water partition coefficient (Wildman–Crippen LogP) is 2.85. The second-order valence-electron chi connectivity index (χ2n) is 7.44. The van der Waals surface area contributed by atoms with Crippen molar-refractivity contribution in [3.8, 4) is 11.4 Å². The van der Waals surface area contributed by atoms with Gasteiger partial charge in [-0.2, -0.15) is 0 Å². The molecule has 0 bridgehead atoms. The summed E-state index contributed by atoms with van der Waals surface area (Å²) in [5, 5.41) is 4.31. The first-order chi connectivity index (χ1) is 15.0. The third-order valence-electron chi connectivity index (χ3n) is 5.39. The molecule has 12 heteroatoms. The first kappa shape index (κ1) is 19.5. The second-order valence-corrected chi connectivity index (χ2v) is 7.88. The summed E-state index contributed by atoms with van der Waals surface area (Å²) in [5.74, 6) is -1.01. The quantitative estimate of drug-likeness (QED) is 0.439. The lowest BCUT2D eigenvalue weighted by atomic mass is 9.91. The maximum Gasteiger partial charge on any atom is 0.440 e. The zero-order valence-electron chi connectivity index (χ0n) is 16.1. The third kappa shape index (κ3) is 3.72. The van der Waals surface area contributed by atoms with Gasteiger partial charge in [0, 0.05) is 29.4 Å². The zero-order valence-corrected chi connectivity index (χ0v) is 16.8. The van der Waals surface area contributed by atoms with Crippen molar-refractivity contribution in [3.63, 3.8) is 0 Å². The number of anilines is 1. The Balaban J connectivity index is 1.42. The van der Waals surface area contributed by atoms with Crippen molar-refractivity contribution < 1.29 is 8.91 Å². The summed E-state index contributed by atoms with van der Waals surface area (Å²) in [6.07, 6.45) is 7.02. The number of halogens is 2. The second kappa shape index (κ2) is 7.65. The summed E-state index contributed by atoms with van der Waals surface area (Å²) in [6.45, 7) is 0. The van der Waals surface area contributed by atoms with Crippen LogP contribution in [0.2, 0.25) is 5.02 Å². The number of H-pyrrole nitrogens is 2. The molecule has 0 aliphatic heterocycles. The number of pyridine rings is 1. The van der Waals surface area contributed by atoms with E-state index >= 15 is 0 Å². The van der Waals surface area contributed by atoms with Gasteiger partial charge in [-0.15, -0.1) is 4.74 Å². The minimum Gasteiger partial charge on any atom is -0.365 e. The molecule has 0 saturated heterocycles. The molecule has 160 valence electrons. The number of nitrogens with one attached hydrogen (secondary N) is 3. The first-order valence-electron chi connectivity index (χ1n) is 9.72. The summed E-state index contributed by atoms with van der Waals surface area (Å²) in [5.41, 5.74) is 0.684. The van der Waals surface area contributed by atoms with Crippen LogP contribution in [0.3, 0.4) is 0 Å². The average molecular weight is 446 g/mol. The Morgan fingerprint density at radius 1 is 1.26 bits per heavy atom. The van der Waals surface area contributed by atoms with Crippen LogP contribution in [-0.4, -0.2) is 35.7 Å². The molecule has 10 nitrogen and oxygen atoms in total. The SMILES string of the molecule is O=c1[nH]c(=O)n(C2CCC[C@H](Nc3nc(-c4c[nH]c5ncc(Cl)cc45)ncc3F)C2)o1. The molecule has 1 aliphatic carbocycles. The van der Waals surface area contributed by atoms with Crippen molar-refractivity contribution in [2.24, 2.45) is 0 Å². The molecule has 0 amide bonds. The molecule has 0 radical (unpaired) electrons. The molecule has 4 aromatic rings. The molecule has 1 aliphatic rings. The highest BCUT2D eigenvalue weighted by atomic mass is 35.5. The first-order valence-corrected chi connectivity index (χ1v) is 10.1. The Hall–Kier alpha value is -3.47. The molecule has 5 rings (SSSR count). The van der Waals surface area contributed by atoms with Crippen molar-refractivity contribution in [2.45, 2.75) is 37.8 Å². The zero-order chi connectivity index (χ0) is 21.5. The number of hydrogen-bond donors (Lipinski definition) is 3. The molecular formula is C19H17ClFN7O3. The van der Waals surface area contributed by atoms with E-state index in [1.165, 1.54) is 6.20 Å². The normalized spacial score (nSPS) is 19.0. The molecule has 0 aromatic carbocycles. The molecule has 4 aromatic heterocycles. The Kier molecular flexibility index (Phi) is 4.81. The highest BCUT2D eigenvalue weighted by Crippen LogP contribution is 2.31. The minimum absolute atomic E-state index is 0.0582. The van der Waals surface area contributed by atoms with Gasteiger partial charge >= 0.3 is 11.4 Å². The van der Waals surface area contributed by atoms with Crippen LogP contribution in [0, 0.1) is 5.82 Å². The van der Waals surface area contributed by atoms with Crippen LogP contribution in [0.5, 0.6) is 0 Å². The molecule has 31 heavy (non-hydrogen) atoms. The largest absolute Gasteiger partial charge is 0.440 e. The van der Waals surface area contributed by atoms with Gasteiger partial charge in [0.15, 0.2) is 17.5 Å². The molecule has 0 spiro atoms. The van der Waals surface area contributed by atoms with Gasteiger partial charge in [0.2, 0.25) is 0 Å². The number of aromatic nitrogens is 6. The van der Waals surface area contributed by atoms with Crippen LogP contribution in [0.1, 0.15) is 31.7 Å². The summed E-state index contributed by atoms with van der Waals surface area (Å²) in [6, 6.07) is 1.27. The summed E-state index contributed by atoms with van der Waals surface area (Å²) >= 11 is 6.05. The maximum absolute atomic E-state index is 14.5. The van der Waals surface area contributed by atoms with E-state index in [2.05, 4.69) is 30.2 Å². The standard InChI is InChI=1S/C19H17ClFN7O3/c20-9-4-12-13(7-23-15(12)22-6-9)16-24-8-14(21)17(26-16)25-10-2-1-3-11(5-10)28-18(29)27-19(30)31-28/h4,6-8,10-11H,1-3,5H2,(H,22,23)(H,24,25,26)(H,27,29,30)/t10-,11?/m0/s1. The number of aromatic amines is 2. The van der Waals surface area contributed by atoms with E-state index < -0.39 is 17.3 Å². The van der Waals surface area contributed by atoms with Crippen molar-refractivity contribution in [3.05, 3.63) is 56.5 Å². The van der Waals surface area contributed by atoms with E-state index in [0.29, 0.717) is 34.9 Å². The Bertz CT molecular complexity index is 1370. The Morgan fingerprint density at radius 3 is 2.94 bits per heavy atom. The van der Waals surface area contributed by atoms with Gasteiger partial charge < -0.3 is 14.8 Å². The lowest BCUT2D eigenvalue weighted by molar-refractivity contribution is 0.158. The van der Waals surface area contributed by atoms with Crippen LogP contribution < -0.4 is 16.8 Å². The molecule has 4 heterocycles. The molecule has 1 unspecified atom stereocenters. The van der Waals surface area contributed by atoms with Gasteiger partial charge in [-0.1, -0.05) is 11.6 Å². The van der Waals surface area contributed by atoms with E-state index in [0.717, 1.165) is 29.2 Å². The van der Waals surface area contributed by atoms with Gasteiger partial charge in [0.25, 0.3) is 0 Å². The van der Waals surface area contributed by atoms with Gasteiger partial charge in [-0.05, 0) is 31.7 Å². The highest BCUT2D eigenvalue weighted by molar-refractivity contribution is 6.31. The Labute approximate surface area is 178 Å². The van der Waals surface area contributed by atoms with E-state index in [1.807, 2.05) is 0 Å².